The third-order valence-corrected chi connectivity index (χ3v) is 3.70. The fraction of sp³-hybridized carbons (Fsp3) is 0.778. The zero-order chi connectivity index (χ0) is 16.6. The molecule has 128 valence electrons. The maximum absolute atomic E-state index is 10.8. The van der Waals surface area contributed by atoms with Crippen molar-refractivity contribution in [3.63, 3.8) is 0 Å². The van der Waals surface area contributed by atoms with Gasteiger partial charge in [0.25, 0.3) is 0 Å². The Bertz CT molecular complexity index is 323. The molecule has 0 aliphatic heterocycles. The number of allylic oxidation sites excluding steroid dienone is 2. The molecule has 0 spiro atoms. The van der Waals surface area contributed by atoms with Crippen LogP contribution in [-0.2, 0) is 9.59 Å². The van der Waals surface area contributed by atoms with Crippen molar-refractivity contribution in [2.45, 2.75) is 90.1 Å². The first-order chi connectivity index (χ1) is 10.5. The fourth-order valence-corrected chi connectivity index (χ4v) is 2.30. The number of aliphatic hydroxyl groups excluding tert-OH is 1. The number of hydrogen-bond acceptors (Lipinski definition) is 3. The molecule has 0 aliphatic rings. The van der Waals surface area contributed by atoms with Gasteiger partial charge in [0.05, 0.1) is 0 Å². The minimum absolute atomic E-state index is 0.289. The van der Waals surface area contributed by atoms with Crippen LogP contribution >= 0.6 is 0 Å². The molecule has 0 aromatic carbocycles. The van der Waals surface area contributed by atoms with Crippen molar-refractivity contribution in [1.82, 2.24) is 0 Å². The van der Waals surface area contributed by atoms with Crippen LogP contribution in [0.25, 0.3) is 0 Å². The van der Waals surface area contributed by atoms with Gasteiger partial charge in [0.2, 0.25) is 0 Å². The summed E-state index contributed by atoms with van der Waals surface area (Å²) in [5, 5.41) is 17.6. The van der Waals surface area contributed by atoms with Crippen molar-refractivity contribution in [2.24, 2.45) is 0 Å². The molecule has 0 bridgehead atoms. The first kappa shape index (κ1) is 20.8. The molecule has 0 aliphatic carbocycles. The Kier molecular flexibility index (Phi) is 14.0. The van der Waals surface area contributed by atoms with E-state index in [1.807, 2.05) is 0 Å². The first-order valence-corrected chi connectivity index (χ1v) is 8.59. The Morgan fingerprint density at radius 1 is 0.864 bits per heavy atom. The maximum atomic E-state index is 10.8. The van der Waals surface area contributed by atoms with Crippen molar-refractivity contribution in [3.05, 3.63) is 12.2 Å². The molecule has 0 amide bonds. The largest absolute Gasteiger partial charge is 0.479 e. The summed E-state index contributed by atoms with van der Waals surface area (Å²) >= 11 is 0. The topological polar surface area (TPSA) is 74.6 Å². The highest BCUT2D eigenvalue weighted by Gasteiger charge is 2.11. The number of aliphatic hydroxyl groups is 1. The SMILES string of the molecule is CC(=O)CCCCCC/C=C\CCCCCC[C@@H](O)C(=O)O. The van der Waals surface area contributed by atoms with Gasteiger partial charge in [-0.25, -0.2) is 4.79 Å². The van der Waals surface area contributed by atoms with Crippen LogP contribution in [0.4, 0.5) is 0 Å². The molecular formula is C18H32O4. The number of unbranched alkanes of at least 4 members (excludes halogenated alkanes) is 8. The van der Waals surface area contributed by atoms with Gasteiger partial charge in [-0.2, -0.15) is 0 Å². The third-order valence-electron chi connectivity index (χ3n) is 3.70. The summed E-state index contributed by atoms with van der Waals surface area (Å²) in [5.74, 6) is -0.832. The zero-order valence-corrected chi connectivity index (χ0v) is 13.9. The van der Waals surface area contributed by atoms with Gasteiger partial charge in [-0.15, -0.1) is 0 Å². The Labute approximate surface area is 134 Å². The molecule has 0 aromatic heterocycles. The zero-order valence-electron chi connectivity index (χ0n) is 13.9. The molecule has 0 radical (unpaired) electrons. The highest BCUT2D eigenvalue weighted by Crippen LogP contribution is 2.09. The van der Waals surface area contributed by atoms with Crippen LogP contribution in [0.2, 0.25) is 0 Å². The number of carbonyl (C=O) groups excluding carboxylic acids is 1. The normalized spacial score (nSPS) is 12.6. The molecule has 0 unspecified atom stereocenters. The average molecular weight is 312 g/mol. The van der Waals surface area contributed by atoms with Gasteiger partial charge in [0.1, 0.15) is 5.78 Å². The monoisotopic (exact) mass is 312 g/mol. The summed E-state index contributed by atoms with van der Waals surface area (Å²) in [6.07, 6.45) is 15.1. The lowest BCUT2D eigenvalue weighted by Gasteiger charge is -2.04. The number of ketones is 1. The predicted molar refractivity (Wildman–Crippen MR) is 88.9 cm³/mol. The number of Topliss-reactive ketones (excluding diaryl/α,β-unsaturated/α-hetero) is 1. The van der Waals surface area contributed by atoms with Gasteiger partial charge in [0.15, 0.2) is 6.10 Å². The van der Waals surface area contributed by atoms with Crippen molar-refractivity contribution in [1.29, 1.82) is 0 Å². The molecule has 4 nitrogen and oxygen atoms in total. The van der Waals surface area contributed by atoms with Crippen LogP contribution in [0.15, 0.2) is 12.2 Å². The molecule has 0 heterocycles. The van der Waals surface area contributed by atoms with Crippen LogP contribution in [-0.4, -0.2) is 28.1 Å². The fourth-order valence-electron chi connectivity index (χ4n) is 2.30. The summed E-state index contributed by atoms with van der Waals surface area (Å²) < 4.78 is 0. The third kappa shape index (κ3) is 15.2. The molecule has 0 rings (SSSR count). The van der Waals surface area contributed by atoms with E-state index in [-0.39, 0.29) is 5.78 Å². The van der Waals surface area contributed by atoms with E-state index in [4.69, 9.17) is 10.2 Å². The second kappa shape index (κ2) is 14.8. The van der Waals surface area contributed by atoms with Gasteiger partial charge in [0, 0.05) is 6.42 Å². The number of carboxylic acid groups (broad SMARTS) is 1. The van der Waals surface area contributed by atoms with Gasteiger partial charge in [-0.3, -0.25) is 0 Å². The van der Waals surface area contributed by atoms with Crippen LogP contribution in [0.3, 0.4) is 0 Å². The summed E-state index contributed by atoms with van der Waals surface area (Å²) in [6, 6.07) is 0. The van der Waals surface area contributed by atoms with E-state index in [9.17, 15) is 9.59 Å². The quantitative estimate of drug-likeness (QED) is 0.350. The minimum atomic E-state index is -1.20. The second-order valence-corrected chi connectivity index (χ2v) is 5.97. The average Bonchev–Trinajstić information content (AvgIpc) is 2.46. The summed E-state index contributed by atoms with van der Waals surface area (Å²) in [5.41, 5.74) is 0. The van der Waals surface area contributed by atoms with Gasteiger partial charge < -0.3 is 15.0 Å². The highest BCUT2D eigenvalue weighted by molar-refractivity contribution is 5.75. The van der Waals surface area contributed by atoms with Crippen LogP contribution < -0.4 is 0 Å². The Balaban J connectivity index is 3.21. The molecule has 0 saturated carbocycles. The summed E-state index contributed by atoms with van der Waals surface area (Å²) in [4.78, 5) is 21.2. The van der Waals surface area contributed by atoms with E-state index >= 15 is 0 Å². The Morgan fingerprint density at radius 2 is 1.36 bits per heavy atom. The molecule has 4 heteroatoms. The van der Waals surface area contributed by atoms with Crippen molar-refractivity contribution >= 4 is 11.8 Å². The second-order valence-electron chi connectivity index (χ2n) is 5.97. The lowest BCUT2D eigenvalue weighted by molar-refractivity contribution is -0.147. The van der Waals surface area contributed by atoms with Gasteiger partial charge in [-0.1, -0.05) is 44.3 Å². The number of aliphatic carboxylic acids is 1. The van der Waals surface area contributed by atoms with Gasteiger partial charge in [-0.05, 0) is 45.4 Å². The Hall–Kier alpha value is -1.16. The standard InChI is InChI=1S/C18H32O4/c1-16(19)14-12-10-8-6-4-2-3-5-7-9-11-13-15-17(20)18(21)22/h2-3,17,20H,4-15H2,1H3,(H,21,22)/b3-2-/t17-/m1/s1. The smallest absolute Gasteiger partial charge is 0.332 e. The van der Waals surface area contributed by atoms with Crippen LogP contribution in [0, 0.1) is 0 Å². The van der Waals surface area contributed by atoms with Crippen molar-refractivity contribution in [3.8, 4) is 0 Å². The first-order valence-electron chi connectivity index (χ1n) is 8.59. The molecule has 0 saturated heterocycles. The highest BCUT2D eigenvalue weighted by atomic mass is 16.4. The Morgan fingerprint density at radius 3 is 1.86 bits per heavy atom. The van der Waals surface area contributed by atoms with E-state index in [1.54, 1.807) is 6.92 Å². The maximum Gasteiger partial charge on any atom is 0.332 e. The van der Waals surface area contributed by atoms with Gasteiger partial charge >= 0.3 is 5.97 Å². The number of carbonyl (C=O) groups is 2. The van der Waals surface area contributed by atoms with E-state index in [2.05, 4.69) is 12.2 Å². The van der Waals surface area contributed by atoms with E-state index < -0.39 is 12.1 Å². The lowest BCUT2D eigenvalue weighted by atomic mass is 10.1. The molecule has 0 aromatic rings. The van der Waals surface area contributed by atoms with E-state index in [0.29, 0.717) is 6.42 Å². The lowest BCUT2D eigenvalue weighted by Crippen LogP contribution is -2.18. The van der Waals surface area contributed by atoms with Crippen LogP contribution in [0.5, 0.6) is 0 Å². The summed E-state index contributed by atoms with van der Waals surface area (Å²) in [7, 11) is 0. The number of hydrogen-bond donors (Lipinski definition) is 2. The van der Waals surface area contributed by atoms with Crippen LogP contribution in [0.1, 0.15) is 84.0 Å². The molecule has 1 atom stereocenters. The predicted octanol–water partition coefficient (Wildman–Crippen LogP) is 4.26. The number of carboxylic acids is 1. The van der Waals surface area contributed by atoms with E-state index in [1.165, 1.54) is 12.8 Å². The summed E-state index contributed by atoms with van der Waals surface area (Å²) in [6.45, 7) is 1.65. The van der Waals surface area contributed by atoms with Crippen molar-refractivity contribution in [2.75, 3.05) is 0 Å². The van der Waals surface area contributed by atoms with E-state index in [0.717, 1.165) is 57.8 Å². The minimum Gasteiger partial charge on any atom is -0.479 e. The molecule has 2 N–H and O–H groups in total. The number of rotatable bonds is 15. The van der Waals surface area contributed by atoms with Crippen molar-refractivity contribution < 1.29 is 19.8 Å². The molecular weight excluding hydrogens is 280 g/mol. The molecule has 0 fully saturated rings. The molecule has 22 heavy (non-hydrogen) atoms.